The van der Waals surface area contributed by atoms with Crippen molar-refractivity contribution >= 4 is 0 Å². The molecule has 16 heavy (non-hydrogen) atoms. The minimum Gasteiger partial charge on any atom is -0.396 e. The highest BCUT2D eigenvalue weighted by Crippen LogP contribution is 2.49. The Morgan fingerprint density at radius 1 is 0.938 bits per heavy atom. The highest BCUT2D eigenvalue weighted by atomic mass is 16.3. The minimum absolute atomic E-state index is 0.214. The van der Waals surface area contributed by atoms with E-state index in [4.69, 9.17) is 0 Å². The van der Waals surface area contributed by atoms with Crippen LogP contribution < -0.4 is 0 Å². The normalized spacial score (nSPS) is 40.9. The van der Waals surface area contributed by atoms with Crippen LogP contribution in [0.25, 0.3) is 0 Å². The van der Waals surface area contributed by atoms with Crippen molar-refractivity contribution in [2.24, 2.45) is 17.3 Å². The van der Waals surface area contributed by atoms with Gasteiger partial charge in [-0.25, -0.2) is 0 Å². The summed E-state index contributed by atoms with van der Waals surface area (Å²) in [6, 6.07) is 0. The maximum atomic E-state index is 9.79. The molecule has 0 aromatic carbocycles. The first-order chi connectivity index (χ1) is 7.80. The molecule has 2 aliphatic rings. The predicted molar refractivity (Wildman–Crippen MR) is 65.1 cm³/mol. The van der Waals surface area contributed by atoms with Gasteiger partial charge in [0.15, 0.2) is 0 Å². The Morgan fingerprint density at radius 3 is 2.50 bits per heavy atom. The van der Waals surface area contributed by atoms with Gasteiger partial charge in [0, 0.05) is 13.2 Å². The summed E-state index contributed by atoms with van der Waals surface area (Å²) in [5.41, 5.74) is 0.214. The summed E-state index contributed by atoms with van der Waals surface area (Å²) >= 11 is 0. The number of aliphatic hydroxyl groups is 2. The summed E-state index contributed by atoms with van der Waals surface area (Å²) in [6.07, 6.45) is 11.2. The summed E-state index contributed by atoms with van der Waals surface area (Å²) < 4.78 is 0. The lowest BCUT2D eigenvalue weighted by Gasteiger charge is -2.47. The lowest BCUT2D eigenvalue weighted by Crippen LogP contribution is -2.41. The fourth-order valence-corrected chi connectivity index (χ4v) is 3.89. The van der Waals surface area contributed by atoms with E-state index in [2.05, 4.69) is 0 Å². The van der Waals surface area contributed by atoms with E-state index in [9.17, 15) is 10.2 Å². The molecule has 0 spiro atoms. The van der Waals surface area contributed by atoms with Crippen LogP contribution in [0.4, 0.5) is 0 Å². The average molecular weight is 226 g/mol. The molecule has 2 N–H and O–H groups in total. The zero-order valence-electron chi connectivity index (χ0n) is 10.3. The zero-order valence-corrected chi connectivity index (χ0v) is 10.3. The predicted octanol–water partition coefficient (Wildman–Crippen LogP) is 2.73. The van der Waals surface area contributed by atoms with E-state index in [-0.39, 0.29) is 5.41 Å². The van der Waals surface area contributed by atoms with Gasteiger partial charge in [-0.3, -0.25) is 0 Å². The van der Waals surface area contributed by atoms with E-state index in [0.717, 1.165) is 19.3 Å². The van der Waals surface area contributed by atoms with Gasteiger partial charge >= 0.3 is 0 Å². The van der Waals surface area contributed by atoms with E-state index in [1.807, 2.05) is 0 Å². The highest BCUT2D eigenvalue weighted by Gasteiger charge is 2.42. The van der Waals surface area contributed by atoms with Crippen LogP contribution in [0.2, 0.25) is 0 Å². The van der Waals surface area contributed by atoms with Crippen molar-refractivity contribution in [3.63, 3.8) is 0 Å². The highest BCUT2D eigenvalue weighted by molar-refractivity contribution is 4.92. The SMILES string of the molecule is OCC1CCC2(CO)CCCCCCC2C1. The molecule has 0 aromatic heterocycles. The molecule has 0 heterocycles. The molecule has 94 valence electrons. The van der Waals surface area contributed by atoms with E-state index in [1.165, 1.54) is 38.5 Å². The summed E-state index contributed by atoms with van der Waals surface area (Å²) in [6.45, 7) is 0.716. The lowest BCUT2D eigenvalue weighted by atomic mass is 9.59. The van der Waals surface area contributed by atoms with Crippen LogP contribution in [-0.4, -0.2) is 23.4 Å². The average Bonchev–Trinajstić information content (AvgIpc) is 2.30. The van der Waals surface area contributed by atoms with E-state index >= 15 is 0 Å². The van der Waals surface area contributed by atoms with Crippen LogP contribution in [-0.2, 0) is 0 Å². The molecule has 2 fully saturated rings. The summed E-state index contributed by atoms with van der Waals surface area (Å²) in [4.78, 5) is 0. The van der Waals surface area contributed by atoms with Crippen molar-refractivity contribution in [2.75, 3.05) is 13.2 Å². The Hall–Kier alpha value is -0.0800. The Balaban J connectivity index is 2.07. The van der Waals surface area contributed by atoms with Gasteiger partial charge in [0.05, 0.1) is 0 Å². The second kappa shape index (κ2) is 5.50. The summed E-state index contributed by atoms with van der Waals surface area (Å²) in [5, 5.41) is 19.1. The molecule has 2 saturated carbocycles. The maximum absolute atomic E-state index is 9.79. The van der Waals surface area contributed by atoms with Crippen molar-refractivity contribution in [3.8, 4) is 0 Å². The lowest BCUT2D eigenvalue weighted by molar-refractivity contribution is -0.0236. The van der Waals surface area contributed by atoms with Crippen LogP contribution in [0.15, 0.2) is 0 Å². The number of hydrogen-bond donors (Lipinski definition) is 2. The number of hydrogen-bond acceptors (Lipinski definition) is 2. The van der Waals surface area contributed by atoms with Gasteiger partial charge in [0.2, 0.25) is 0 Å². The number of fused-ring (bicyclic) bond motifs is 1. The molecule has 0 amide bonds. The molecule has 2 heteroatoms. The Bertz CT molecular complexity index is 217. The smallest absolute Gasteiger partial charge is 0.0490 e. The van der Waals surface area contributed by atoms with Gasteiger partial charge in [0.1, 0.15) is 0 Å². The standard InChI is InChI=1S/C14H26O2/c15-10-12-6-8-14(11-16)7-4-2-1-3-5-13(14)9-12/h12-13,15-16H,1-11H2. The molecule has 2 nitrogen and oxygen atoms in total. The monoisotopic (exact) mass is 226 g/mol. The Kier molecular flexibility index (Phi) is 4.26. The molecule has 0 saturated heterocycles. The van der Waals surface area contributed by atoms with Crippen LogP contribution >= 0.6 is 0 Å². The van der Waals surface area contributed by atoms with E-state index in [1.54, 1.807) is 0 Å². The molecule has 2 aliphatic carbocycles. The van der Waals surface area contributed by atoms with Gasteiger partial charge in [-0.15, -0.1) is 0 Å². The van der Waals surface area contributed by atoms with Crippen LogP contribution in [0.1, 0.15) is 57.8 Å². The third-order valence-corrected chi connectivity index (χ3v) is 5.08. The molecule has 3 unspecified atom stereocenters. The second-order valence-corrected chi connectivity index (χ2v) is 5.99. The molecular weight excluding hydrogens is 200 g/mol. The number of aliphatic hydroxyl groups excluding tert-OH is 2. The first kappa shape index (κ1) is 12.4. The molecule has 0 radical (unpaired) electrons. The molecule has 3 atom stereocenters. The minimum atomic E-state index is 0.214. The number of rotatable bonds is 2. The Labute approximate surface area is 99.1 Å². The molecule has 0 bridgehead atoms. The molecule has 2 rings (SSSR count). The maximum Gasteiger partial charge on any atom is 0.0490 e. The van der Waals surface area contributed by atoms with Crippen molar-refractivity contribution in [1.29, 1.82) is 0 Å². The van der Waals surface area contributed by atoms with Crippen molar-refractivity contribution in [3.05, 3.63) is 0 Å². The van der Waals surface area contributed by atoms with Crippen LogP contribution in [0, 0.1) is 17.3 Å². The van der Waals surface area contributed by atoms with Crippen molar-refractivity contribution in [2.45, 2.75) is 57.8 Å². The quantitative estimate of drug-likeness (QED) is 0.760. The fourth-order valence-electron chi connectivity index (χ4n) is 3.89. The van der Waals surface area contributed by atoms with E-state index < -0.39 is 0 Å². The third kappa shape index (κ3) is 2.43. The first-order valence-corrected chi connectivity index (χ1v) is 7.02. The van der Waals surface area contributed by atoms with Crippen LogP contribution in [0.5, 0.6) is 0 Å². The van der Waals surface area contributed by atoms with Crippen molar-refractivity contribution in [1.82, 2.24) is 0 Å². The molecule has 0 aromatic rings. The van der Waals surface area contributed by atoms with Gasteiger partial charge in [-0.2, -0.15) is 0 Å². The second-order valence-electron chi connectivity index (χ2n) is 5.99. The van der Waals surface area contributed by atoms with Crippen molar-refractivity contribution < 1.29 is 10.2 Å². The topological polar surface area (TPSA) is 40.5 Å². The largest absolute Gasteiger partial charge is 0.396 e. The van der Waals surface area contributed by atoms with Gasteiger partial charge in [0.25, 0.3) is 0 Å². The van der Waals surface area contributed by atoms with Gasteiger partial charge in [-0.1, -0.05) is 25.7 Å². The molecule has 0 aliphatic heterocycles. The zero-order chi connectivity index (χ0) is 11.4. The van der Waals surface area contributed by atoms with Gasteiger partial charge in [-0.05, 0) is 49.4 Å². The first-order valence-electron chi connectivity index (χ1n) is 7.02. The summed E-state index contributed by atoms with van der Waals surface area (Å²) in [5.74, 6) is 1.17. The van der Waals surface area contributed by atoms with Crippen LogP contribution in [0.3, 0.4) is 0 Å². The van der Waals surface area contributed by atoms with E-state index in [0.29, 0.717) is 25.0 Å². The van der Waals surface area contributed by atoms with Gasteiger partial charge < -0.3 is 10.2 Å². The molecular formula is C14H26O2. The third-order valence-electron chi connectivity index (χ3n) is 5.08. The summed E-state index contributed by atoms with van der Waals surface area (Å²) in [7, 11) is 0. The fraction of sp³-hybridized carbons (Fsp3) is 1.00. The Morgan fingerprint density at radius 2 is 1.75 bits per heavy atom.